The highest BCUT2D eigenvalue weighted by Crippen LogP contribution is 2.24. The van der Waals surface area contributed by atoms with Gasteiger partial charge in [0.15, 0.2) is 0 Å². The molecule has 1 aliphatic rings. The number of rotatable bonds is 3. The predicted octanol–water partition coefficient (Wildman–Crippen LogP) is 2.06. The van der Waals surface area contributed by atoms with Crippen LogP contribution in [-0.2, 0) is 4.74 Å². The fraction of sp³-hybridized carbons (Fsp3) is 0.417. The highest BCUT2D eigenvalue weighted by atomic mass is 16.6. The second-order valence-corrected chi connectivity index (χ2v) is 4.22. The lowest BCUT2D eigenvalue weighted by Crippen LogP contribution is -2.26. The Balaban J connectivity index is 2.20. The van der Waals surface area contributed by atoms with Crippen molar-refractivity contribution in [1.29, 1.82) is 5.26 Å². The minimum atomic E-state index is -0.552. The van der Waals surface area contributed by atoms with Crippen LogP contribution in [0, 0.1) is 21.4 Å². The lowest BCUT2D eigenvalue weighted by Gasteiger charge is -2.17. The summed E-state index contributed by atoms with van der Waals surface area (Å²) in [4.78, 5) is 10.2. The molecule has 0 bridgehead atoms. The van der Waals surface area contributed by atoms with Gasteiger partial charge >= 0.3 is 0 Å². The largest absolute Gasteiger partial charge is 0.380 e. The van der Waals surface area contributed by atoms with Gasteiger partial charge in [0.25, 0.3) is 5.69 Å². The third-order valence-corrected chi connectivity index (χ3v) is 3.04. The van der Waals surface area contributed by atoms with Crippen molar-refractivity contribution in [2.75, 3.05) is 11.9 Å². The summed E-state index contributed by atoms with van der Waals surface area (Å²) in [6.07, 6.45) is 0.991. The van der Waals surface area contributed by atoms with Crippen LogP contribution in [0.2, 0.25) is 0 Å². The highest BCUT2D eigenvalue weighted by molar-refractivity contribution is 5.59. The van der Waals surface area contributed by atoms with E-state index in [1.165, 1.54) is 12.1 Å². The van der Waals surface area contributed by atoms with Crippen molar-refractivity contribution < 1.29 is 9.66 Å². The first kappa shape index (κ1) is 12.3. The van der Waals surface area contributed by atoms with Gasteiger partial charge in [0, 0.05) is 18.4 Å². The first-order valence-electron chi connectivity index (χ1n) is 5.68. The normalized spacial score (nSPS) is 22.4. The van der Waals surface area contributed by atoms with E-state index in [1.807, 2.05) is 13.0 Å². The Kier molecular flexibility index (Phi) is 3.44. The number of nitrogens with zero attached hydrogens (tertiary/aromatic N) is 2. The van der Waals surface area contributed by atoms with Gasteiger partial charge < -0.3 is 10.1 Å². The monoisotopic (exact) mass is 247 g/mol. The molecule has 6 heteroatoms. The first-order chi connectivity index (χ1) is 8.61. The molecule has 0 amide bonds. The summed E-state index contributed by atoms with van der Waals surface area (Å²) in [7, 11) is 0. The van der Waals surface area contributed by atoms with Gasteiger partial charge in [0.05, 0.1) is 17.1 Å². The molecule has 1 aromatic carbocycles. The van der Waals surface area contributed by atoms with Crippen LogP contribution in [-0.4, -0.2) is 23.7 Å². The molecule has 2 unspecified atom stereocenters. The van der Waals surface area contributed by atoms with Crippen molar-refractivity contribution in [2.45, 2.75) is 25.5 Å². The summed E-state index contributed by atoms with van der Waals surface area (Å²) < 4.78 is 5.42. The van der Waals surface area contributed by atoms with Crippen LogP contribution in [0.15, 0.2) is 18.2 Å². The Hall–Kier alpha value is -2.13. The van der Waals surface area contributed by atoms with Gasteiger partial charge in [-0.05, 0) is 25.5 Å². The van der Waals surface area contributed by atoms with Crippen LogP contribution in [0.4, 0.5) is 11.4 Å². The molecule has 6 nitrogen and oxygen atoms in total. The average Bonchev–Trinajstić information content (AvgIpc) is 2.74. The zero-order chi connectivity index (χ0) is 13.1. The fourth-order valence-electron chi connectivity index (χ4n) is 2.01. The number of nitriles is 1. The molecule has 1 N–H and O–H groups in total. The van der Waals surface area contributed by atoms with Gasteiger partial charge in [-0.2, -0.15) is 5.26 Å². The van der Waals surface area contributed by atoms with Crippen LogP contribution in [0.3, 0.4) is 0 Å². The smallest absolute Gasteiger partial charge is 0.287 e. The van der Waals surface area contributed by atoms with Gasteiger partial charge in [-0.1, -0.05) is 0 Å². The number of hydrogen-bond donors (Lipinski definition) is 1. The summed E-state index contributed by atoms with van der Waals surface area (Å²) in [5, 5.41) is 22.8. The van der Waals surface area contributed by atoms with Crippen LogP contribution >= 0.6 is 0 Å². The summed E-state index contributed by atoms with van der Waals surface area (Å²) >= 11 is 0. The standard InChI is InChI=1S/C12H13N3O3/c1-8-11(4-5-18-8)14-10-2-3-12(15(16)17)9(6-10)7-13/h2-3,6,8,11,14H,4-5H2,1H3. The molecule has 1 saturated heterocycles. The number of nitro groups is 1. The third-order valence-electron chi connectivity index (χ3n) is 3.04. The Morgan fingerprint density at radius 2 is 2.39 bits per heavy atom. The molecule has 0 aromatic heterocycles. The van der Waals surface area contributed by atoms with Crippen molar-refractivity contribution in [3.8, 4) is 6.07 Å². The molecule has 1 aromatic rings. The topological polar surface area (TPSA) is 88.2 Å². The van der Waals surface area contributed by atoms with E-state index in [2.05, 4.69) is 5.32 Å². The summed E-state index contributed by atoms with van der Waals surface area (Å²) in [6.45, 7) is 2.68. The summed E-state index contributed by atoms with van der Waals surface area (Å²) in [5.74, 6) is 0. The summed E-state index contributed by atoms with van der Waals surface area (Å²) in [6, 6.07) is 6.49. The van der Waals surface area contributed by atoms with E-state index in [9.17, 15) is 10.1 Å². The van der Waals surface area contributed by atoms with Crippen molar-refractivity contribution in [3.63, 3.8) is 0 Å². The molecule has 0 spiro atoms. The van der Waals surface area contributed by atoms with E-state index in [4.69, 9.17) is 10.00 Å². The number of hydrogen-bond acceptors (Lipinski definition) is 5. The number of benzene rings is 1. The van der Waals surface area contributed by atoms with Crippen LogP contribution in [0.5, 0.6) is 0 Å². The molecule has 18 heavy (non-hydrogen) atoms. The quantitative estimate of drug-likeness (QED) is 0.652. The lowest BCUT2D eigenvalue weighted by molar-refractivity contribution is -0.385. The molecule has 2 rings (SSSR count). The Bertz CT molecular complexity index is 510. The minimum absolute atomic E-state index is 0.0663. The van der Waals surface area contributed by atoms with Gasteiger partial charge in [-0.15, -0.1) is 0 Å². The van der Waals surface area contributed by atoms with Gasteiger partial charge in [0.1, 0.15) is 11.6 Å². The maximum atomic E-state index is 10.7. The molecule has 1 fully saturated rings. The maximum Gasteiger partial charge on any atom is 0.287 e. The van der Waals surface area contributed by atoms with Crippen molar-refractivity contribution in [1.82, 2.24) is 0 Å². The molecule has 0 saturated carbocycles. The van der Waals surface area contributed by atoms with E-state index < -0.39 is 4.92 Å². The van der Waals surface area contributed by atoms with Crippen LogP contribution in [0.1, 0.15) is 18.9 Å². The SMILES string of the molecule is CC1OCCC1Nc1ccc([N+](=O)[O-])c(C#N)c1. The third kappa shape index (κ3) is 2.41. The highest BCUT2D eigenvalue weighted by Gasteiger charge is 2.24. The first-order valence-corrected chi connectivity index (χ1v) is 5.68. The van der Waals surface area contributed by atoms with Crippen molar-refractivity contribution in [3.05, 3.63) is 33.9 Å². The van der Waals surface area contributed by atoms with Crippen molar-refractivity contribution >= 4 is 11.4 Å². The van der Waals surface area contributed by atoms with Crippen LogP contribution < -0.4 is 5.32 Å². The molecule has 0 aliphatic carbocycles. The molecule has 94 valence electrons. The Morgan fingerprint density at radius 1 is 1.61 bits per heavy atom. The van der Waals surface area contributed by atoms with Crippen molar-refractivity contribution in [2.24, 2.45) is 0 Å². The lowest BCUT2D eigenvalue weighted by atomic mass is 10.1. The van der Waals surface area contributed by atoms with E-state index in [-0.39, 0.29) is 23.4 Å². The zero-order valence-electron chi connectivity index (χ0n) is 9.92. The van der Waals surface area contributed by atoms with E-state index in [0.717, 1.165) is 6.42 Å². The predicted molar refractivity (Wildman–Crippen MR) is 65.3 cm³/mol. The molecule has 1 heterocycles. The van der Waals surface area contributed by atoms with Gasteiger partial charge in [0.2, 0.25) is 0 Å². The fourth-order valence-corrected chi connectivity index (χ4v) is 2.01. The van der Waals surface area contributed by atoms with E-state index in [1.54, 1.807) is 6.07 Å². The number of nitrogens with one attached hydrogen (secondary N) is 1. The van der Waals surface area contributed by atoms with Crippen LogP contribution in [0.25, 0.3) is 0 Å². The number of ether oxygens (including phenoxy) is 1. The Labute approximate surface area is 104 Å². The summed E-state index contributed by atoms with van der Waals surface area (Å²) in [5.41, 5.74) is 0.606. The molecule has 1 aliphatic heterocycles. The zero-order valence-corrected chi connectivity index (χ0v) is 9.92. The molecule has 0 radical (unpaired) electrons. The van der Waals surface area contributed by atoms with E-state index in [0.29, 0.717) is 12.3 Å². The number of anilines is 1. The molecule has 2 atom stereocenters. The second-order valence-electron chi connectivity index (χ2n) is 4.22. The van der Waals surface area contributed by atoms with E-state index >= 15 is 0 Å². The molecular formula is C12H13N3O3. The maximum absolute atomic E-state index is 10.7. The number of nitro benzene ring substituents is 1. The average molecular weight is 247 g/mol. The van der Waals surface area contributed by atoms with Gasteiger partial charge in [-0.25, -0.2) is 0 Å². The Morgan fingerprint density at radius 3 is 2.94 bits per heavy atom. The molecular weight excluding hydrogens is 234 g/mol. The minimum Gasteiger partial charge on any atom is -0.380 e. The van der Waals surface area contributed by atoms with Gasteiger partial charge in [-0.3, -0.25) is 10.1 Å². The second kappa shape index (κ2) is 5.02.